The average molecular weight is 261 g/mol. The van der Waals surface area contributed by atoms with Crippen LogP contribution in [0.15, 0.2) is 30.3 Å². The quantitative estimate of drug-likeness (QED) is 0.892. The Bertz CT molecular complexity index is 411. The second kappa shape index (κ2) is 6.06. The lowest BCUT2D eigenvalue weighted by Gasteiger charge is -2.37. The van der Waals surface area contributed by atoms with Gasteiger partial charge in [0, 0.05) is 37.9 Å². The predicted octanol–water partition coefficient (Wildman–Crippen LogP) is 1.32. The van der Waals surface area contributed by atoms with Crippen molar-refractivity contribution < 1.29 is 4.79 Å². The molecule has 104 valence electrons. The van der Waals surface area contributed by atoms with Gasteiger partial charge in [0.25, 0.3) is 0 Å². The van der Waals surface area contributed by atoms with Crippen molar-refractivity contribution in [3.8, 4) is 0 Å². The number of anilines is 1. The smallest absolute Gasteiger partial charge is 0.227 e. The van der Waals surface area contributed by atoms with E-state index in [1.165, 1.54) is 5.69 Å². The first-order valence-corrected chi connectivity index (χ1v) is 6.94. The molecule has 1 fully saturated rings. The van der Waals surface area contributed by atoms with Crippen molar-refractivity contribution in [1.82, 2.24) is 4.90 Å². The first kappa shape index (κ1) is 13.9. The number of hydrogen-bond acceptors (Lipinski definition) is 3. The van der Waals surface area contributed by atoms with Gasteiger partial charge in [-0.05, 0) is 19.1 Å². The summed E-state index contributed by atoms with van der Waals surface area (Å²) in [6, 6.07) is 10.3. The first-order valence-electron chi connectivity index (χ1n) is 6.94. The molecule has 2 rings (SSSR count). The van der Waals surface area contributed by atoms with Gasteiger partial charge in [-0.2, -0.15) is 0 Å². The van der Waals surface area contributed by atoms with E-state index >= 15 is 0 Å². The molecule has 1 aliphatic rings. The summed E-state index contributed by atoms with van der Waals surface area (Å²) in [6.07, 6.45) is 0. The number of rotatable bonds is 3. The van der Waals surface area contributed by atoms with Gasteiger partial charge in [-0.3, -0.25) is 4.79 Å². The fourth-order valence-electron chi connectivity index (χ4n) is 2.34. The number of para-hydroxylation sites is 1. The summed E-state index contributed by atoms with van der Waals surface area (Å²) in [5.74, 6) is 0.0889. The molecule has 0 saturated carbocycles. The number of carbonyl (C=O) groups excluding carboxylic acids is 1. The van der Waals surface area contributed by atoms with Gasteiger partial charge in [0.2, 0.25) is 5.91 Å². The van der Waals surface area contributed by atoms with Gasteiger partial charge < -0.3 is 15.5 Å². The van der Waals surface area contributed by atoms with E-state index in [2.05, 4.69) is 17.0 Å². The fourth-order valence-corrected chi connectivity index (χ4v) is 2.34. The topological polar surface area (TPSA) is 49.6 Å². The minimum atomic E-state index is -0.0942. The molecule has 0 aromatic heterocycles. The Balaban J connectivity index is 1.91. The molecular weight excluding hydrogens is 238 g/mol. The third-order valence-corrected chi connectivity index (χ3v) is 3.89. The Morgan fingerprint density at radius 1 is 1.11 bits per heavy atom. The van der Waals surface area contributed by atoms with Crippen molar-refractivity contribution >= 4 is 11.6 Å². The maximum absolute atomic E-state index is 12.2. The van der Waals surface area contributed by atoms with E-state index in [0.717, 1.165) is 26.2 Å². The van der Waals surface area contributed by atoms with Gasteiger partial charge in [0.15, 0.2) is 0 Å². The fraction of sp³-hybridized carbons (Fsp3) is 0.533. The highest BCUT2D eigenvalue weighted by Gasteiger charge is 2.26. The number of amides is 1. The van der Waals surface area contributed by atoms with Gasteiger partial charge in [0.1, 0.15) is 0 Å². The molecule has 2 unspecified atom stereocenters. The minimum absolute atomic E-state index is 0.0837. The van der Waals surface area contributed by atoms with Crippen molar-refractivity contribution in [2.45, 2.75) is 19.9 Å². The number of benzene rings is 1. The van der Waals surface area contributed by atoms with Crippen LogP contribution >= 0.6 is 0 Å². The Morgan fingerprint density at radius 2 is 1.68 bits per heavy atom. The molecule has 0 radical (unpaired) electrons. The van der Waals surface area contributed by atoms with Crippen molar-refractivity contribution in [2.24, 2.45) is 11.7 Å². The molecule has 1 aliphatic heterocycles. The summed E-state index contributed by atoms with van der Waals surface area (Å²) in [4.78, 5) is 16.5. The molecule has 0 bridgehead atoms. The van der Waals surface area contributed by atoms with E-state index in [4.69, 9.17) is 5.73 Å². The van der Waals surface area contributed by atoms with Crippen molar-refractivity contribution in [3.05, 3.63) is 30.3 Å². The number of carbonyl (C=O) groups is 1. The van der Waals surface area contributed by atoms with Crippen LogP contribution in [0.5, 0.6) is 0 Å². The second-order valence-corrected chi connectivity index (χ2v) is 5.30. The van der Waals surface area contributed by atoms with Gasteiger partial charge in [-0.15, -0.1) is 0 Å². The number of nitrogens with zero attached hydrogens (tertiary/aromatic N) is 2. The zero-order chi connectivity index (χ0) is 13.8. The Morgan fingerprint density at radius 3 is 2.21 bits per heavy atom. The first-order chi connectivity index (χ1) is 9.09. The summed E-state index contributed by atoms with van der Waals surface area (Å²) in [5, 5.41) is 0. The average Bonchev–Trinajstić information content (AvgIpc) is 2.46. The lowest BCUT2D eigenvalue weighted by molar-refractivity contribution is -0.135. The van der Waals surface area contributed by atoms with Crippen LogP contribution in [0.1, 0.15) is 13.8 Å². The van der Waals surface area contributed by atoms with Crippen LogP contribution in [0.3, 0.4) is 0 Å². The molecule has 1 amide bonds. The molecule has 1 aromatic rings. The van der Waals surface area contributed by atoms with Crippen molar-refractivity contribution in [3.63, 3.8) is 0 Å². The monoisotopic (exact) mass is 261 g/mol. The molecule has 1 saturated heterocycles. The van der Waals surface area contributed by atoms with E-state index in [-0.39, 0.29) is 17.9 Å². The zero-order valence-electron chi connectivity index (χ0n) is 11.7. The van der Waals surface area contributed by atoms with Gasteiger partial charge in [-0.25, -0.2) is 0 Å². The second-order valence-electron chi connectivity index (χ2n) is 5.30. The molecule has 1 aromatic carbocycles. The maximum atomic E-state index is 12.2. The van der Waals surface area contributed by atoms with E-state index in [0.29, 0.717) is 0 Å². The van der Waals surface area contributed by atoms with Crippen LogP contribution in [-0.4, -0.2) is 43.0 Å². The van der Waals surface area contributed by atoms with Crippen LogP contribution in [0.2, 0.25) is 0 Å². The van der Waals surface area contributed by atoms with E-state index in [9.17, 15) is 4.79 Å². The molecule has 0 aliphatic carbocycles. The van der Waals surface area contributed by atoms with Gasteiger partial charge in [0.05, 0.1) is 5.92 Å². The molecule has 0 spiro atoms. The predicted molar refractivity (Wildman–Crippen MR) is 78.0 cm³/mol. The van der Waals surface area contributed by atoms with E-state index in [1.807, 2.05) is 36.9 Å². The highest BCUT2D eigenvalue weighted by molar-refractivity contribution is 5.79. The zero-order valence-corrected chi connectivity index (χ0v) is 11.7. The SMILES string of the molecule is CC(N)C(C)C(=O)N1CCN(c2ccccc2)CC1. The van der Waals surface area contributed by atoms with Crippen LogP contribution in [0, 0.1) is 5.92 Å². The summed E-state index contributed by atoms with van der Waals surface area (Å²) < 4.78 is 0. The molecule has 4 nitrogen and oxygen atoms in total. The van der Waals surface area contributed by atoms with Crippen LogP contribution < -0.4 is 10.6 Å². The van der Waals surface area contributed by atoms with E-state index < -0.39 is 0 Å². The Kier molecular flexibility index (Phi) is 4.43. The highest BCUT2D eigenvalue weighted by Crippen LogP contribution is 2.17. The summed E-state index contributed by atoms with van der Waals surface area (Å²) in [5.41, 5.74) is 7.04. The normalized spacial score (nSPS) is 19.1. The van der Waals surface area contributed by atoms with Gasteiger partial charge >= 0.3 is 0 Å². The molecular formula is C15H23N3O. The largest absolute Gasteiger partial charge is 0.368 e. The lowest BCUT2D eigenvalue weighted by atomic mass is 10.0. The van der Waals surface area contributed by atoms with Crippen LogP contribution in [0.25, 0.3) is 0 Å². The molecule has 4 heteroatoms. The summed E-state index contributed by atoms with van der Waals surface area (Å²) in [6.45, 7) is 7.15. The van der Waals surface area contributed by atoms with Crippen LogP contribution in [0.4, 0.5) is 5.69 Å². The van der Waals surface area contributed by atoms with Crippen molar-refractivity contribution in [1.29, 1.82) is 0 Å². The minimum Gasteiger partial charge on any atom is -0.368 e. The summed E-state index contributed by atoms with van der Waals surface area (Å²) >= 11 is 0. The van der Waals surface area contributed by atoms with E-state index in [1.54, 1.807) is 0 Å². The molecule has 2 N–H and O–H groups in total. The van der Waals surface area contributed by atoms with Gasteiger partial charge in [-0.1, -0.05) is 25.1 Å². The summed E-state index contributed by atoms with van der Waals surface area (Å²) in [7, 11) is 0. The van der Waals surface area contributed by atoms with Crippen molar-refractivity contribution in [2.75, 3.05) is 31.1 Å². The number of nitrogens with two attached hydrogens (primary N) is 1. The molecule has 19 heavy (non-hydrogen) atoms. The highest BCUT2D eigenvalue weighted by atomic mass is 16.2. The third kappa shape index (κ3) is 3.26. The Labute approximate surface area is 115 Å². The van der Waals surface area contributed by atoms with Crippen LogP contribution in [-0.2, 0) is 4.79 Å². The number of hydrogen-bond donors (Lipinski definition) is 1. The maximum Gasteiger partial charge on any atom is 0.227 e. The molecule has 1 heterocycles. The standard InChI is InChI=1S/C15H23N3O/c1-12(13(2)16)15(19)18-10-8-17(9-11-18)14-6-4-3-5-7-14/h3-7,12-13H,8-11,16H2,1-2H3. The molecule has 2 atom stereocenters. The third-order valence-electron chi connectivity index (χ3n) is 3.89. The Hall–Kier alpha value is -1.55. The lowest BCUT2D eigenvalue weighted by Crippen LogP contribution is -2.52. The number of piperazine rings is 1.